The lowest BCUT2D eigenvalue weighted by Crippen LogP contribution is -2.36. The van der Waals surface area contributed by atoms with Crippen molar-refractivity contribution >= 4 is 23.2 Å². The third-order valence-corrected chi connectivity index (χ3v) is 5.55. The Hall–Kier alpha value is -2.82. The summed E-state index contributed by atoms with van der Waals surface area (Å²) < 4.78 is 0. The van der Waals surface area contributed by atoms with E-state index in [0.717, 1.165) is 48.3 Å². The molecule has 5 nitrogen and oxygen atoms in total. The molecule has 31 heavy (non-hydrogen) atoms. The van der Waals surface area contributed by atoms with Gasteiger partial charge in [-0.2, -0.15) is 0 Å². The molecular weight excluding hydrogens is 386 g/mol. The van der Waals surface area contributed by atoms with E-state index in [1.54, 1.807) is 0 Å². The summed E-state index contributed by atoms with van der Waals surface area (Å²) in [7, 11) is 4.00. The molecule has 0 aliphatic carbocycles. The summed E-state index contributed by atoms with van der Waals surface area (Å²) in [5.41, 5.74) is 3.83. The standard InChI is InChI=1S/C26H37N3O2/c1-6-16-29(26(31)21(7-2)8-3)19-22-18-23(14-15-24(22)28(4)5)27-25(30)17-20-12-10-9-11-13-20/h9-15,18,21H,6-8,16-17,19H2,1-5H3,(H,27,30). The summed E-state index contributed by atoms with van der Waals surface area (Å²) >= 11 is 0. The molecule has 0 bridgehead atoms. The minimum absolute atomic E-state index is 0.0479. The van der Waals surface area contributed by atoms with Crippen LogP contribution in [-0.2, 0) is 22.6 Å². The Kier molecular flexibility index (Phi) is 9.57. The maximum atomic E-state index is 13.1. The van der Waals surface area contributed by atoms with Crippen molar-refractivity contribution in [2.24, 2.45) is 5.92 Å². The quantitative estimate of drug-likeness (QED) is 0.546. The highest BCUT2D eigenvalue weighted by Crippen LogP contribution is 2.26. The van der Waals surface area contributed by atoms with Gasteiger partial charge >= 0.3 is 0 Å². The molecule has 2 amide bonds. The number of anilines is 2. The fourth-order valence-electron chi connectivity index (χ4n) is 3.85. The number of benzene rings is 2. The summed E-state index contributed by atoms with van der Waals surface area (Å²) in [5, 5.41) is 3.02. The lowest BCUT2D eigenvalue weighted by molar-refractivity contribution is -0.136. The summed E-state index contributed by atoms with van der Waals surface area (Å²) in [6.07, 6.45) is 2.95. The van der Waals surface area contributed by atoms with Gasteiger partial charge in [0.1, 0.15) is 0 Å². The minimum atomic E-state index is -0.0479. The second-order valence-corrected chi connectivity index (χ2v) is 8.22. The molecule has 0 unspecified atom stereocenters. The molecule has 0 aliphatic heterocycles. The first-order valence-electron chi connectivity index (χ1n) is 11.3. The van der Waals surface area contributed by atoms with E-state index < -0.39 is 0 Å². The van der Waals surface area contributed by atoms with E-state index in [4.69, 9.17) is 0 Å². The zero-order chi connectivity index (χ0) is 22.8. The average molecular weight is 424 g/mol. The van der Waals surface area contributed by atoms with Gasteiger partial charge in [-0.1, -0.05) is 51.1 Å². The molecule has 0 atom stereocenters. The van der Waals surface area contributed by atoms with Crippen molar-refractivity contribution < 1.29 is 9.59 Å². The number of amides is 2. The number of nitrogens with one attached hydrogen (secondary N) is 1. The normalized spacial score (nSPS) is 10.8. The van der Waals surface area contributed by atoms with Crippen LogP contribution in [0.4, 0.5) is 11.4 Å². The van der Waals surface area contributed by atoms with Gasteiger partial charge in [-0.05, 0) is 48.6 Å². The monoisotopic (exact) mass is 423 g/mol. The highest BCUT2D eigenvalue weighted by atomic mass is 16.2. The molecule has 0 aliphatic rings. The van der Waals surface area contributed by atoms with E-state index in [0.29, 0.717) is 13.0 Å². The van der Waals surface area contributed by atoms with Crippen LogP contribution in [0.2, 0.25) is 0 Å². The van der Waals surface area contributed by atoms with Crippen molar-refractivity contribution in [3.8, 4) is 0 Å². The van der Waals surface area contributed by atoms with Crippen LogP contribution in [0.25, 0.3) is 0 Å². The van der Waals surface area contributed by atoms with Crippen LogP contribution in [0, 0.1) is 5.92 Å². The topological polar surface area (TPSA) is 52.7 Å². The summed E-state index contributed by atoms with van der Waals surface area (Å²) in [6, 6.07) is 15.7. The molecule has 0 heterocycles. The number of nitrogens with zero attached hydrogens (tertiary/aromatic N) is 2. The SMILES string of the molecule is CCCN(Cc1cc(NC(=O)Cc2ccccc2)ccc1N(C)C)C(=O)C(CC)CC. The molecule has 2 rings (SSSR count). The number of carbonyl (C=O) groups excluding carboxylic acids is 2. The van der Waals surface area contributed by atoms with E-state index >= 15 is 0 Å². The van der Waals surface area contributed by atoms with Crippen molar-refractivity contribution in [1.82, 2.24) is 4.90 Å². The van der Waals surface area contributed by atoms with E-state index in [1.165, 1.54) is 0 Å². The third-order valence-electron chi connectivity index (χ3n) is 5.55. The molecule has 0 saturated carbocycles. The summed E-state index contributed by atoms with van der Waals surface area (Å²) in [6.45, 7) is 7.51. The zero-order valence-corrected chi connectivity index (χ0v) is 19.6. The maximum absolute atomic E-state index is 13.1. The van der Waals surface area contributed by atoms with E-state index in [2.05, 4.69) is 31.0 Å². The Bertz CT molecular complexity index is 845. The maximum Gasteiger partial charge on any atom is 0.228 e. The predicted molar refractivity (Wildman–Crippen MR) is 129 cm³/mol. The van der Waals surface area contributed by atoms with Crippen LogP contribution in [0.15, 0.2) is 48.5 Å². The second-order valence-electron chi connectivity index (χ2n) is 8.22. The van der Waals surface area contributed by atoms with Crippen molar-refractivity contribution in [3.05, 3.63) is 59.7 Å². The minimum Gasteiger partial charge on any atom is -0.377 e. The first-order valence-corrected chi connectivity index (χ1v) is 11.3. The largest absolute Gasteiger partial charge is 0.377 e. The van der Waals surface area contributed by atoms with Crippen molar-refractivity contribution in [2.75, 3.05) is 30.9 Å². The fraction of sp³-hybridized carbons (Fsp3) is 0.462. The summed E-state index contributed by atoms with van der Waals surface area (Å²) in [4.78, 5) is 29.6. The van der Waals surface area contributed by atoms with Crippen LogP contribution in [0.1, 0.15) is 51.2 Å². The lowest BCUT2D eigenvalue weighted by atomic mass is 10.0. The van der Waals surface area contributed by atoms with Crippen molar-refractivity contribution in [2.45, 2.75) is 53.0 Å². The van der Waals surface area contributed by atoms with E-state index in [-0.39, 0.29) is 17.7 Å². The highest BCUT2D eigenvalue weighted by molar-refractivity contribution is 5.92. The van der Waals surface area contributed by atoms with Gasteiger partial charge < -0.3 is 15.1 Å². The predicted octanol–water partition coefficient (Wildman–Crippen LogP) is 5.11. The highest BCUT2D eigenvalue weighted by Gasteiger charge is 2.22. The van der Waals surface area contributed by atoms with Crippen LogP contribution in [0.5, 0.6) is 0 Å². The van der Waals surface area contributed by atoms with Crippen LogP contribution < -0.4 is 10.2 Å². The second kappa shape index (κ2) is 12.1. The molecule has 0 saturated heterocycles. The van der Waals surface area contributed by atoms with Gasteiger partial charge in [0, 0.05) is 44.5 Å². The molecule has 2 aromatic rings. The average Bonchev–Trinajstić information content (AvgIpc) is 2.74. The van der Waals surface area contributed by atoms with Gasteiger partial charge in [-0.3, -0.25) is 9.59 Å². The zero-order valence-electron chi connectivity index (χ0n) is 19.6. The van der Waals surface area contributed by atoms with Gasteiger partial charge in [0.2, 0.25) is 11.8 Å². The molecule has 168 valence electrons. The van der Waals surface area contributed by atoms with Crippen LogP contribution in [0.3, 0.4) is 0 Å². The lowest BCUT2D eigenvalue weighted by Gasteiger charge is -2.28. The van der Waals surface area contributed by atoms with Crippen molar-refractivity contribution in [3.63, 3.8) is 0 Å². The Labute approximate surface area is 187 Å². The van der Waals surface area contributed by atoms with Crippen LogP contribution >= 0.6 is 0 Å². The van der Waals surface area contributed by atoms with Crippen molar-refractivity contribution in [1.29, 1.82) is 0 Å². The van der Waals surface area contributed by atoms with Gasteiger partial charge in [0.15, 0.2) is 0 Å². The van der Waals surface area contributed by atoms with Crippen LogP contribution in [-0.4, -0.2) is 37.4 Å². The van der Waals surface area contributed by atoms with E-state index in [9.17, 15) is 9.59 Å². The third kappa shape index (κ3) is 7.12. The molecule has 5 heteroatoms. The smallest absolute Gasteiger partial charge is 0.228 e. The first kappa shape index (κ1) is 24.4. The molecule has 0 spiro atoms. The molecule has 0 fully saturated rings. The molecular formula is C26H37N3O2. The van der Waals surface area contributed by atoms with Gasteiger partial charge in [0.05, 0.1) is 6.42 Å². The van der Waals surface area contributed by atoms with Gasteiger partial charge in [-0.25, -0.2) is 0 Å². The molecule has 1 N–H and O–H groups in total. The Morgan fingerprint density at radius 1 is 0.968 bits per heavy atom. The fourth-order valence-corrected chi connectivity index (χ4v) is 3.85. The number of carbonyl (C=O) groups is 2. The molecule has 0 radical (unpaired) electrons. The number of hydrogen-bond donors (Lipinski definition) is 1. The Morgan fingerprint density at radius 2 is 1.65 bits per heavy atom. The van der Waals surface area contributed by atoms with Gasteiger partial charge in [0.25, 0.3) is 0 Å². The number of hydrogen-bond acceptors (Lipinski definition) is 3. The molecule has 2 aromatic carbocycles. The Balaban J connectivity index is 2.23. The Morgan fingerprint density at radius 3 is 2.23 bits per heavy atom. The first-order chi connectivity index (χ1) is 14.9. The van der Waals surface area contributed by atoms with E-state index in [1.807, 2.05) is 67.5 Å². The molecule has 0 aromatic heterocycles. The summed E-state index contributed by atoms with van der Waals surface area (Å²) in [5.74, 6) is 0.228. The number of rotatable bonds is 11. The van der Waals surface area contributed by atoms with Gasteiger partial charge in [-0.15, -0.1) is 0 Å².